The van der Waals surface area contributed by atoms with Gasteiger partial charge in [-0.2, -0.15) is 0 Å². The predicted molar refractivity (Wildman–Crippen MR) is 57.0 cm³/mol. The summed E-state index contributed by atoms with van der Waals surface area (Å²) in [4.78, 5) is 7.65. The number of nitrogens with zero attached hydrogens (tertiary/aromatic N) is 1. The molecule has 0 saturated heterocycles. The number of hydrogen-bond donors (Lipinski definition) is 1. The molecule has 0 saturated carbocycles. The Morgan fingerprint density at radius 2 is 2.15 bits per heavy atom. The van der Waals surface area contributed by atoms with Gasteiger partial charge in [0.1, 0.15) is 0 Å². The fourth-order valence-electron chi connectivity index (χ4n) is 1.51. The van der Waals surface area contributed by atoms with Crippen LogP contribution in [0.15, 0.2) is 18.3 Å². The van der Waals surface area contributed by atoms with Crippen LogP contribution in [-0.2, 0) is 0 Å². The van der Waals surface area contributed by atoms with Crippen molar-refractivity contribution in [3.05, 3.63) is 29.7 Å². The minimum absolute atomic E-state index is 0. The van der Waals surface area contributed by atoms with Crippen molar-refractivity contribution in [2.45, 2.75) is 26.7 Å². The number of pyridine rings is 1. The number of rotatable bonds is 1. The van der Waals surface area contributed by atoms with Crippen LogP contribution in [0.5, 0.6) is 0 Å². The first kappa shape index (κ1) is 8.30. The summed E-state index contributed by atoms with van der Waals surface area (Å²) >= 11 is 0. The highest BCUT2D eigenvalue weighted by molar-refractivity contribution is 5.79. The predicted octanol–water partition coefficient (Wildman–Crippen LogP) is 3.24. The van der Waals surface area contributed by atoms with Crippen LogP contribution in [0.3, 0.4) is 0 Å². The lowest BCUT2D eigenvalue weighted by Gasteiger charge is -2.02. The van der Waals surface area contributed by atoms with Gasteiger partial charge in [-0.1, -0.05) is 13.8 Å². The van der Waals surface area contributed by atoms with Gasteiger partial charge in [0.05, 0.1) is 11.7 Å². The Balaban J connectivity index is 0.000000980. The third-order valence-electron chi connectivity index (χ3n) is 2.25. The first-order valence-electron chi connectivity index (χ1n) is 4.62. The molecule has 0 aliphatic heterocycles. The average molecular weight is 176 g/mol. The van der Waals surface area contributed by atoms with Crippen LogP contribution in [0.2, 0.25) is 0 Å². The van der Waals surface area contributed by atoms with Crippen LogP contribution in [0.1, 0.15) is 32.6 Å². The first-order chi connectivity index (χ1) is 6.16. The second-order valence-electron chi connectivity index (χ2n) is 3.80. The summed E-state index contributed by atoms with van der Waals surface area (Å²) in [5.74, 6) is 0.500. The SMILES string of the molecule is Cc1cc2cc(C(C)C)ncc2[nH]1.[HH]. The maximum Gasteiger partial charge on any atom is 0.0642 e. The standard InChI is InChI=1S/C11H14N2.H2/c1-7(2)10-5-9-4-8(3)13-11(9)6-12-10;/h4-7,13H,1-3H3;1H. The zero-order valence-electron chi connectivity index (χ0n) is 8.26. The highest BCUT2D eigenvalue weighted by Crippen LogP contribution is 2.19. The van der Waals surface area contributed by atoms with Crippen molar-refractivity contribution < 1.29 is 1.43 Å². The van der Waals surface area contributed by atoms with Crippen LogP contribution >= 0.6 is 0 Å². The fraction of sp³-hybridized carbons (Fsp3) is 0.364. The Morgan fingerprint density at radius 1 is 1.38 bits per heavy atom. The van der Waals surface area contributed by atoms with Crippen molar-refractivity contribution in [3.8, 4) is 0 Å². The van der Waals surface area contributed by atoms with Crippen LogP contribution in [-0.4, -0.2) is 9.97 Å². The number of aromatic amines is 1. The highest BCUT2D eigenvalue weighted by Gasteiger charge is 2.03. The van der Waals surface area contributed by atoms with Crippen LogP contribution < -0.4 is 0 Å². The van der Waals surface area contributed by atoms with Gasteiger partial charge in [-0.15, -0.1) is 0 Å². The third kappa shape index (κ3) is 1.44. The quantitative estimate of drug-likeness (QED) is 0.710. The molecule has 2 heteroatoms. The number of H-pyrrole nitrogens is 1. The van der Waals surface area contributed by atoms with Crippen molar-refractivity contribution in [3.63, 3.8) is 0 Å². The Labute approximate surface area is 79.5 Å². The van der Waals surface area contributed by atoms with Gasteiger partial charge < -0.3 is 4.98 Å². The largest absolute Gasteiger partial charge is 0.357 e. The number of aryl methyl sites for hydroxylation is 1. The highest BCUT2D eigenvalue weighted by atomic mass is 14.8. The molecule has 0 amide bonds. The lowest BCUT2D eigenvalue weighted by atomic mass is 10.1. The second-order valence-corrected chi connectivity index (χ2v) is 3.80. The molecule has 1 N–H and O–H groups in total. The van der Waals surface area contributed by atoms with E-state index in [1.807, 2.05) is 6.20 Å². The molecule has 2 heterocycles. The van der Waals surface area contributed by atoms with E-state index in [-0.39, 0.29) is 1.43 Å². The maximum absolute atomic E-state index is 4.39. The lowest BCUT2D eigenvalue weighted by Crippen LogP contribution is -1.90. The Bertz CT molecular complexity index is 432. The maximum atomic E-state index is 4.39. The zero-order chi connectivity index (χ0) is 9.42. The van der Waals surface area contributed by atoms with Gasteiger partial charge in [0, 0.05) is 18.2 Å². The monoisotopic (exact) mass is 176 g/mol. The van der Waals surface area contributed by atoms with Gasteiger partial charge in [0.2, 0.25) is 0 Å². The van der Waals surface area contributed by atoms with Crippen molar-refractivity contribution in [1.82, 2.24) is 9.97 Å². The number of fused-ring (bicyclic) bond motifs is 1. The van der Waals surface area contributed by atoms with E-state index in [1.165, 1.54) is 11.1 Å². The molecule has 0 bridgehead atoms. The molecule has 0 aliphatic carbocycles. The first-order valence-corrected chi connectivity index (χ1v) is 4.62. The van der Waals surface area contributed by atoms with Crippen molar-refractivity contribution in [2.75, 3.05) is 0 Å². The van der Waals surface area contributed by atoms with Crippen molar-refractivity contribution in [2.24, 2.45) is 0 Å². The van der Waals surface area contributed by atoms with Crippen LogP contribution in [0, 0.1) is 6.92 Å². The number of hydrogen-bond acceptors (Lipinski definition) is 1. The van der Waals surface area contributed by atoms with Crippen LogP contribution in [0.4, 0.5) is 0 Å². The summed E-state index contributed by atoms with van der Waals surface area (Å²) in [6.45, 7) is 6.39. The number of aromatic nitrogens is 2. The zero-order valence-corrected chi connectivity index (χ0v) is 8.26. The van der Waals surface area contributed by atoms with E-state index in [0.29, 0.717) is 5.92 Å². The summed E-state index contributed by atoms with van der Waals surface area (Å²) in [5, 5.41) is 1.26. The van der Waals surface area contributed by atoms with Gasteiger partial charge in [-0.05, 0) is 25.0 Å². The van der Waals surface area contributed by atoms with Gasteiger partial charge in [-0.25, -0.2) is 0 Å². The van der Waals surface area contributed by atoms with E-state index in [2.05, 4.69) is 42.9 Å². The molecule has 2 nitrogen and oxygen atoms in total. The molecule has 0 radical (unpaired) electrons. The average Bonchev–Trinajstić information content (AvgIpc) is 2.42. The molecule has 0 aliphatic rings. The smallest absolute Gasteiger partial charge is 0.0642 e. The molecule has 13 heavy (non-hydrogen) atoms. The van der Waals surface area contributed by atoms with Gasteiger partial charge in [-0.3, -0.25) is 4.98 Å². The van der Waals surface area contributed by atoms with E-state index in [9.17, 15) is 0 Å². The normalized spacial score (nSPS) is 11.4. The Kier molecular flexibility index (Phi) is 1.83. The lowest BCUT2D eigenvalue weighted by molar-refractivity contribution is 0.826. The van der Waals surface area contributed by atoms with Gasteiger partial charge in [0.25, 0.3) is 0 Å². The summed E-state index contributed by atoms with van der Waals surface area (Å²) in [6, 6.07) is 4.31. The minimum Gasteiger partial charge on any atom is -0.357 e. The molecular formula is C11H16N2. The summed E-state index contributed by atoms with van der Waals surface area (Å²) in [6.07, 6.45) is 1.91. The minimum atomic E-state index is 0. The second kappa shape index (κ2) is 2.87. The summed E-state index contributed by atoms with van der Waals surface area (Å²) in [7, 11) is 0. The molecule has 2 rings (SSSR count). The third-order valence-corrected chi connectivity index (χ3v) is 2.25. The van der Waals surface area contributed by atoms with E-state index in [4.69, 9.17) is 0 Å². The Hall–Kier alpha value is -1.31. The van der Waals surface area contributed by atoms with E-state index < -0.39 is 0 Å². The number of nitrogens with one attached hydrogen (secondary N) is 1. The fourth-order valence-corrected chi connectivity index (χ4v) is 1.51. The molecule has 0 atom stereocenters. The summed E-state index contributed by atoms with van der Waals surface area (Å²) in [5.41, 5.74) is 3.48. The van der Waals surface area contributed by atoms with E-state index in [1.54, 1.807) is 0 Å². The molecule has 0 aromatic carbocycles. The summed E-state index contributed by atoms with van der Waals surface area (Å²) < 4.78 is 0. The molecule has 70 valence electrons. The van der Waals surface area contributed by atoms with Crippen LogP contribution in [0.25, 0.3) is 10.9 Å². The van der Waals surface area contributed by atoms with Crippen molar-refractivity contribution in [1.29, 1.82) is 0 Å². The van der Waals surface area contributed by atoms with Crippen molar-refractivity contribution >= 4 is 10.9 Å². The molecule has 0 fully saturated rings. The molecule has 0 spiro atoms. The van der Waals surface area contributed by atoms with Gasteiger partial charge in [0.15, 0.2) is 0 Å². The van der Waals surface area contributed by atoms with E-state index >= 15 is 0 Å². The van der Waals surface area contributed by atoms with E-state index in [0.717, 1.165) is 11.2 Å². The van der Waals surface area contributed by atoms with Gasteiger partial charge >= 0.3 is 0 Å². The molecule has 2 aromatic rings. The molecule has 2 aromatic heterocycles. The molecule has 0 unspecified atom stereocenters. The topological polar surface area (TPSA) is 28.7 Å². The molecular weight excluding hydrogens is 160 g/mol. The Morgan fingerprint density at radius 3 is 2.85 bits per heavy atom.